The molecule has 0 saturated heterocycles. The number of nitrogens with zero attached hydrogens (tertiary/aromatic N) is 6. The van der Waals surface area contributed by atoms with Gasteiger partial charge >= 0.3 is 0 Å². The summed E-state index contributed by atoms with van der Waals surface area (Å²) in [6.45, 7) is 2.54. The maximum Gasteiger partial charge on any atom is 0.225 e. The van der Waals surface area contributed by atoms with Crippen LogP contribution in [0.15, 0.2) is 53.7 Å². The summed E-state index contributed by atoms with van der Waals surface area (Å²) in [7, 11) is 0. The molecule has 158 valence electrons. The van der Waals surface area contributed by atoms with Crippen molar-refractivity contribution < 1.29 is 4.74 Å². The highest BCUT2D eigenvalue weighted by Crippen LogP contribution is 2.31. The van der Waals surface area contributed by atoms with Crippen molar-refractivity contribution in [1.29, 1.82) is 0 Å². The molecule has 4 N–H and O–H groups in total. The van der Waals surface area contributed by atoms with Gasteiger partial charge in [0.15, 0.2) is 11.0 Å². The molecule has 0 aliphatic heterocycles. The summed E-state index contributed by atoms with van der Waals surface area (Å²) >= 11 is 7.61. The number of nitrogen functional groups attached to an aromatic ring is 2. The predicted molar refractivity (Wildman–Crippen MR) is 121 cm³/mol. The van der Waals surface area contributed by atoms with Gasteiger partial charge in [-0.05, 0) is 43.3 Å². The zero-order chi connectivity index (χ0) is 21.8. The van der Waals surface area contributed by atoms with Crippen LogP contribution < -0.4 is 16.2 Å². The van der Waals surface area contributed by atoms with E-state index >= 15 is 0 Å². The fraction of sp³-hybridized carbons (Fsp3) is 0.150. The Hall–Kier alpha value is -3.37. The van der Waals surface area contributed by atoms with Gasteiger partial charge in [-0.15, -0.1) is 10.2 Å². The van der Waals surface area contributed by atoms with Crippen LogP contribution in [-0.4, -0.2) is 36.3 Å². The first-order valence-corrected chi connectivity index (χ1v) is 10.7. The maximum atomic E-state index is 6.20. The van der Waals surface area contributed by atoms with Crippen LogP contribution in [0.5, 0.6) is 5.75 Å². The molecule has 11 heteroatoms. The highest BCUT2D eigenvalue weighted by molar-refractivity contribution is 7.98. The Kier molecular flexibility index (Phi) is 6.19. The first-order chi connectivity index (χ1) is 15.0. The molecule has 0 atom stereocenters. The van der Waals surface area contributed by atoms with Gasteiger partial charge in [-0.3, -0.25) is 4.57 Å². The molecule has 0 fully saturated rings. The van der Waals surface area contributed by atoms with Gasteiger partial charge in [-0.2, -0.15) is 15.0 Å². The second kappa shape index (κ2) is 9.19. The SMILES string of the molecule is CCOc1ccc(-n2c(SCc3nc(N)nc(N)n3)nnc2-c2cccc(Cl)c2)cc1. The van der Waals surface area contributed by atoms with Crippen molar-refractivity contribution >= 4 is 35.3 Å². The topological polar surface area (TPSA) is 131 Å². The lowest BCUT2D eigenvalue weighted by molar-refractivity contribution is 0.340. The molecule has 0 radical (unpaired) electrons. The Morgan fingerprint density at radius 1 is 1.00 bits per heavy atom. The lowest BCUT2D eigenvalue weighted by Gasteiger charge is -2.11. The van der Waals surface area contributed by atoms with E-state index in [9.17, 15) is 0 Å². The summed E-state index contributed by atoms with van der Waals surface area (Å²) in [5, 5.41) is 10.1. The van der Waals surface area contributed by atoms with Crippen molar-refractivity contribution in [2.75, 3.05) is 18.1 Å². The molecule has 0 spiro atoms. The summed E-state index contributed by atoms with van der Waals surface area (Å²) < 4.78 is 7.50. The average molecular weight is 455 g/mol. The second-order valence-electron chi connectivity index (χ2n) is 6.34. The molecule has 0 unspecified atom stereocenters. The predicted octanol–water partition coefficient (Wildman–Crippen LogP) is 3.63. The summed E-state index contributed by atoms with van der Waals surface area (Å²) in [5.74, 6) is 2.45. The number of thioether (sulfide) groups is 1. The number of aromatic nitrogens is 6. The monoisotopic (exact) mass is 454 g/mol. The van der Waals surface area contributed by atoms with Crippen LogP contribution in [0.3, 0.4) is 0 Å². The van der Waals surface area contributed by atoms with E-state index in [0.29, 0.717) is 34.2 Å². The van der Waals surface area contributed by atoms with Gasteiger partial charge in [-0.1, -0.05) is 35.5 Å². The van der Waals surface area contributed by atoms with Crippen LogP contribution in [0.4, 0.5) is 11.9 Å². The first-order valence-electron chi connectivity index (χ1n) is 9.37. The minimum atomic E-state index is 0.0793. The Balaban J connectivity index is 1.72. The zero-order valence-electron chi connectivity index (χ0n) is 16.6. The third-order valence-corrected chi connectivity index (χ3v) is 5.33. The molecule has 31 heavy (non-hydrogen) atoms. The Bertz CT molecular complexity index is 1180. The number of rotatable bonds is 7. The van der Waals surface area contributed by atoms with E-state index in [1.165, 1.54) is 11.8 Å². The number of anilines is 2. The van der Waals surface area contributed by atoms with Crippen LogP contribution >= 0.6 is 23.4 Å². The van der Waals surface area contributed by atoms with Crippen LogP contribution in [0.2, 0.25) is 5.02 Å². The summed E-state index contributed by atoms with van der Waals surface area (Å²) in [6.07, 6.45) is 0. The second-order valence-corrected chi connectivity index (χ2v) is 7.71. The molecule has 0 aliphatic rings. The third-order valence-electron chi connectivity index (χ3n) is 4.17. The number of halogens is 1. The standard InChI is InChI=1S/C20H19ClN8OS/c1-2-30-15-8-6-14(7-9-15)29-17(12-4-3-5-13(21)10-12)27-28-20(29)31-11-16-24-18(22)26-19(23)25-16/h3-10H,2,11H2,1H3,(H4,22,23,24,25,26). The van der Waals surface area contributed by atoms with Gasteiger partial charge in [0.05, 0.1) is 12.4 Å². The number of nitrogens with two attached hydrogens (primary N) is 2. The molecule has 4 aromatic rings. The molecule has 2 heterocycles. The largest absolute Gasteiger partial charge is 0.494 e. The van der Waals surface area contributed by atoms with Crippen LogP contribution in [-0.2, 0) is 5.75 Å². The molecule has 2 aromatic heterocycles. The quantitative estimate of drug-likeness (QED) is 0.402. The van der Waals surface area contributed by atoms with E-state index < -0.39 is 0 Å². The molecular weight excluding hydrogens is 436 g/mol. The van der Waals surface area contributed by atoms with Gasteiger partial charge in [0.1, 0.15) is 11.6 Å². The minimum Gasteiger partial charge on any atom is -0.494 e. The Morgan fingerprint density at radius 2 is 1.74 bits per heavy atom. The maximum absolute atomic E-state index is 6.20. The lowest BCUT2D eigenvalue weighted by Crippen LogP contribution is -2.06. The molecule has 0 aliphatic carbocycles. The van der Waals surface area contributed by atoms with Crippen LogP contribution in [0.25, 0.3) is 17.1 Å². The van der Waals surface area contributed by atoms with Crippen molar-refractivity contribution in [1.82, 2.24) is 29.7 Å². The van der Waals surface area contributed by atoms with Gasteiger partial charge in [-0.25, -0.2) is 0 Å². The Morgan fingerprint density at radius 3 is 2.42 bits per heavy atom. The minimum absolute atomic E-state index is 0.0793. The van der Waals surface area contributed by atoms with Crippen molar-refractivity contribution in [3.05, 3.63) is 59.4 Å². The van der Waals surface area contributed by atoms with E-state index in [1.807, 2.05) is 60.0 Å². The summed E-state index contributed by atoms with van der Waals surface area (Å²) in [4.78, 5) is 12.0. The summed E-state index contributed by atoms with van der Waals surface area (Å²) in [6, 6.07) is 15.2. The smallest absolute Gasteiger partial charge is 0.225 e. The number of benzene rings is 2. The van der Waals surface area contributed by atoms with Crippen molar-refractivity contribution in [3.63, 3.8) is 0 Å². The first kappa shape index (κ1) is 20.9. The lowest BCUT2D eigenvalue weighted by atomic mass is 10.2. The van der Waals surface area contributed by atoms with Crippen LogP contribution in [0, 0.1) is 0 Å². The van der Waals surface area contributed by atoms with Crippen LogP contribution in [0.1, 0.15) is 12.7 Å². The molecule has 9 nitrogen and oxygen atoms in total. The summed E-state index contributed by atoms with van der Waals surface area (Å²) in [5.41, 5.74) is 13.1. The van der Waals surface area contributed by atoms with Gasteiger partial charge < -0.3 is 16.2 Å². The van der Waals surface area contributed by atoms with Crippen molar-refractivity contribution in [3.8, 4) is 22.8 Å². The fourth-order valence-corrected chi connectivity index (χ4v) is 3.92. The number of ether oxygens (including phenoxy) is 1. The molecule has 2 aromatic carbocycles. The van der Waals surface area contributed by atoms with E-state index in [4.69, 9.17) is 27.8 Å². The normalized spacial score (nSPS) is 10.9. The fourth-order valence-electron chi connectivity index (χ4n) is 2.92. The van der Waals surface area contributed by atoms with Crippen molar-refractivity contribution in [2.24, 2.45) is 0 Å². The molecular formula is C20H19ClN8OS. The van der Waals surface area contributed by atoms with Gasteiger partial charge in [0.2, 0.25) is 11.9 Å². The van der Waals surface area contributed by atoms with Gasteiger partial charge in [0.25, 0.3) is 0 Å². The third kappa shape index (κ3) is 4.86. The van der Waals surface area contributed by atoms with E-state index in [2.05, 4.69) is 25.1 Å². The van der Waals surface area contributed by atoms with E-state index in [-0.39, 0.29) is 11.9 Å². The number of hydrogen-bond acceptors (Lipinski definition) is 9. The molecule has 0 amide bonds. The van der Waals surface area contributed by atoms with Gasteiger partial charge in [0, 0.05) is 16.3 Å². The molecule has 0 saturated carbocycles. The van der Waals surface area contributed by atoms with Crippen molar-refractivity contribution in [2.45, 2.75) is 17.8 Å². The van der Waals surface area contributed by atoms with E-state index in [0.717, 1.165) is 17.0 Å². The Labute approximate surface area is 187 Å². The number of hydrogen-bond donors (Lipinski definition) is 2. The molecule has 0 bridgehead atoms. The average Bonchev–Trinajstić information content (AvgIpc) is 3.16. The zero-order valence-corrected chi connectivity index (χ0v) is 18.1. The highest BCUT2D eigenvalue weighted by Gasteiger charge is 2.17. The molecule has 4 rings (SSSR count). The van der Waals surface area contributed by atoms with E-state index in [1.54, 1.807) is 0 Å². The highest BCUT2D eigenvalue weighted by atomic mass is 35.5.